The smallest absolute Gasteiger partial charge is 0.119 e. The second-order valence-electron chi connectivity index (χ2n) is 8.76. The van der Waals surface area contributed by atoms with Crippen LogP contribution in [0.4, 0.5) is 5.69 Å². The molecule has 0 bridgehead atoms. The molecule has 2 aromatic carbocycles. The molecule has 0 aliphatic heterocycles. The Morgan fingerprint density at radius 1 is 1.00 bits per heavy atom. The van der Waals surface area contributed by atoms with Crippen molar-refractivity contribution in [2.24, 2.45) is 5.92 Å². The Morgan fingerprint density at radius 3 is 2.65 bits per heavy atom. The standard InChI is InChI=1S/C26H35N3O2/c1-19-6-10-22-25(16-19)28-24-11-9-21(31-3)17-23(24)26(22)27-12-4-5-13-29(14-15-30-2)18-20-7-8-20/h6,9-11,16-17,20H,4-5,7-8,12-15,18H2,1-3H3,(H,27,28). The van der Waals surface area contributed by atoms with E-state index in [1.807, 2.05) is 12.1 Å². The number of aromatic nitrogens is 1. The minimum absolute atomic E-state index is 0.821. The highest BCUT2D eigenvalue weighted by Crippen LogP contribution is 2.33. The third-order valence-electron chi connectivity index (χ3n) is 6.16. The summed E-state index contributed by atoms with van der Waals surface area (Å²) in [5.41, 5.74) is 4.42. The SMILES string of the molecule is COCCN(CCCCNc1c2ccc(C)cc2nc2ccc(OC)cc12)CC1CC1. The van der Waals surface area contributed by atoms with E-state index in [0.717, 1.165) is 66.4 Å². The van der Waals surface area contributed by atoms with E-state index in [1.165, 1.54) is 36.8 Å². The van der Waals surface area contributed by atoms with Crippen LogP contribution < -0.4 is 10.1 Å². The second kappa shape index (κ2) is 10.3. The van der Waals surface area contributed by atoms with Gasteiger partial charge in [-0.25, -0.2) is 4.98 Å². The fourth-order valence-electron chi connectivity index (χ4n) is 4.20. The number of hydrogen-bond acceptors (Lipinski definition) is 5. The second-order valence-corrected chi connectivity index (χ2v) is 8.76. The van der Waals surface area contributed by atoms with Crippen LogP contribution in [0.15, 0.2) is 36.4 Å². The normalized spacial score (nSPS) is 13.9. The van der Waals surface area contributed by atoms with Gasteiger partial charge in [-0.05, 0) is 74.9 Å². The number of benzene rings is 2. The van der Waals surface area contributed by atoms with Crippen molar-refractivity contribution in [2.75, 3.05) is 52.3 Å². The Hall–Kier alpha value is -2.37. The third-order valence-corrected chi connectivity index (χ3v) is 6.16. The van der Waals surface area contributed by atoms with Crippen LogP contribution in [-0.4, -0.2) is 56.9 Å². The average Bonchev–Trinajstić information content (AvgIpc) is 3.60. The van der Waals surface area contributed by atoms with Gasteiger partial charge in [0.1, 0.15) is 5.75 Å². The number of anilines is 1. The molecule has 1 heterocycles. The molecule has 31 heavy (non-hydrogen) atoms. The number of unbranched alkanes of at least 4 members (excludes halogenated alkanes) is 1. The lowest BCUT2D eigenvalue weighted by Gasteiger charge is -2.22. The van der Waals surface area contributed by atoms with Crippen molar-refractivity contribution in [2.45, 2.75) is 32.6 Å². The number of fused-ring (bicyclic) bond motifs is 2. The van der Waals surface area contributed by atoms with E-state index in [2.05, 4.69) is 41.4 Å². The van der Waals surface area contributed by atoms with Crippen LogP contribution in [0.2, 0.25) is 0 Å². The highest BCUT2D eigenvalue weighted by molar-refractivity contribution is 6.07. The number of rotatable bonds is 12. The number of ether oxygens (including phenoxy) is 2. The molecule has 0 spiro atoms. The first kappa shape index (κ1) is 21.8. The minimum Gasteiger partial charge on any atom is -0.497 e. The molecule has 1 fully saturated rings. The zero-order chi connectivity index (χ0) is 21.6. The summed E-state index contributed by atoms with van der Waals surface area (Å²) < 4.78 is 10.8. The summed E-state index contributed by atoms with van der Waals surface area (Å²) in [7, 11) is 3.50. The predicted molar refractivity (Wildman–Crippen MR) is 129 cm³/mol. The van der Waals surface area contributed by atoms with Gasteiger partial charge in [-0.2, -0.15) is 0 Å². The molecular weight excluding hydrogens is 386 g/mol. The van der Waals surface area contributed by atoms with Crippen molar-refractivity contribution in [3.8, 4) is 5.75 Å². The quantitative estimate of drug-likeness (QED) is 0.319. The third kappa shape index (κ3) is 5.66. The van der Waals surface area contributed by atoms with Crippen molar-refractivity contribution >= 4 is 27.5 Å². The summed E-state index contributed by atoms with van der Waals surface area (Å²) in [6, 6.07) is 12.6. The van der Waals surface area contributed by atoms with E-state index in [9.17, 15) is 0 Å². The molecule has 1 aliphatic carbocycles. The van der Waals surface area contributed by atoms with E-state index in [-0.39, 0.29) is 0 Å². The topological polar surface area (TPSA) is 46.6 Å². The summed E-state index contributed by atoms with van der Waals surface area (Å²) in [4.78, 5) is 7.47. The molecule has 5 heteroatoms. The van der Waals surface area contributed by atoms with Crippen molar-refractivity contribution in [3.05, 3.63) is 42.0 Å². The maximum Gasteiger partial charge on any atom is 0.119 e. The fraction of sp³-hybridized carbons (Fsp3) is 0.500. The number of hydrogen-bond donors (Lipinski definition) is 1. The fourth-order valence-corrected chi connectivity index (χ4v) is 4.20. The minimum atomic E-state index is 0.821. The number of aryl methyl sites for hydroxylation is 1. The molecule has 5 nitrogen and oxygen atoms in total. The zero-order valence-corrected chi connectivity index (χ0v) is 19.1. The molecule has 1 aliphatic rings. The van der Waals surface area contributed by atoms with Gasteiger partial charge in [0.05, 0.1) is 30.4 Å². The van der Waals surface area contributed by atoms with Crippen LogP contribution in [0.3, 0.4) is 0 Å². The Morgan fingerprint density at radius 2 is 1.87 bits per heavy atom. The van der Waals surface area contributed by atoms with Crippen LogP contribution >= 0.6 is 0 Å². The van der Waals surface area contributed by atoms with E-state index in [0.29, 0.717) is 0 Å². The van der Waals surface area contributed by atoms with Crippen molar-refractivity contribution in [3.63, 3.8) is 0 Å². The molecule has 0 amide bonds. The van der Waals surface area contributed by atoms with E-state index >= 15 is 0 Å². The Kier molecular flexibility index (Phi) is 7.25. The lowest BCUT2D eigenvalue weighted by atomic mass is 10.1. The number of pyridine rings is 1. The summed E-state index contributed by atoms with van der Waals surface area (Å²) >= 11 is 0. The first-order valence-corrected chi connectivity index (χ1v) is 11.5. The lowest BCUT2D eigenvalue weighted by Crippen LogP contribution is -2.30. The molecule has 0 atom stereocenters. The van der Waals surface area contributed by atoms with E-state index < -0.39 is 0 Å². The van der Waals surface area contributed by atoms with Gasteiger partial charge < -0.3 is 19.7 Å². The van der Waals surface area contributed by atoms with E-state index in [1.54, 1.807) is 14.2 Å². The predicted octanol–water partition coefficient (Wildman–Crippen LogP) is 5.26. The molecular formula is C26H35N3O2. The zero-order valence-electron chi connectivity index (χ0n) is 19.1. The van der Waals surface area contributed by atoms with Crippen molar-refractivity contribution in [1.29, 1.82) is 0 Å². The molecule has 1 N–H and O–H groups in total. The van der Waals surface area contributed by atoms with E-state index in [4.69, 9.17) is 14.5 Å². The summed E-state index contributed by atoms with van der Waals surface area (Å²) in [5, 5.41) is 6.02. The Labute approximate surface area is 185 Å². The highest BCUT2D eigenvalue weighted by atomic mass is 16.5. The Bertz CT molecular complexity index is 1020. The first-order chi connectivity index (χ1) is 15.2. The van der Waals surface area contributed by atoms with Gasteiger partial charge in [-0.15, -0.1) is 0 Å². The van der Waals surface area contributed by atoms with Gasteiger partial charge in [-0.3, -0.25) is 0 Å². The average molecular weight is 422 g/mol. The highest BCUT2D eigenvalue weighted by Gasteiger charge is 2.23. The summed E-state index contributed by atoms with van der Waals surface area (Å²) in [5.74, 6) is 1.78. The summed E-state index contributed by atoms with van der Waals surface area (Å²) in [6.45, 7) is 7.30. The molecule has 3 aromatic rings. The number of nitrogens with zero attached hydrogens (tertiary/aromatic N) is 2. The van der Waals surface area contributed by atoms with Crippen LogP contribution in [0.5, 0.6) is 5.75 Å². The lowest BCUT2D eigenvalue weighted by molar-refractivity contribution is 0.143. The molecule has 166 valence electrons. The van der Waals surface area contributed by atoms with Crippen molar-refractivity contribution in [1.82, 2.24) is 9.88 Å². The first-order valence-electron chi connectivity index (χ1n) is 11.5. The van der Waals surface area contributed by atoms with Crippen LogP contribution in [0, 0.1) is 12.8 Å². The van der Waals surface area contributed by atoms with Gasteiger partial charge in [0, 0.05) is 37.5 Å². The van der Waals surface area contributed by atoms with Crippen LogP contribution in [0.25, 0.3) is 21.8 Å². The maximum atomic E-state index is 5.48. The largest absolute Gasteiger partial charge is 0.497 e. The van der Waals surface area contributed by atoms with Crippen LogP contribution in [0.1, 0.15) is 31.2 Å². The molecule has 1 saturated carbocycles. The number of methoxy groups -OCH3 is 2. The van der Waals surface area contributed by atoms with Gasteiger partial charge >= 0.3 is 0 Å². The molecule has 0 radical (unpaired) electrons. The molecule has 1 aromatic heterocycles. The molecule has 0 unspecified atom stereocenters. The molecule has 4 rings (SSSR count). The monoisotopic (exact) mass is 421 g/mol. The maximum absolute atomic E-state index is 5.48. The van der Waals surface area contributed by atoms with Gasteiger partial charge in [0.2, 0.25) is 0 Å². The van der Waals surface area contributed by atoms with Gasteiger partial charge in [0.15, 0.2) is 0 Å². The Balaban J connectivity index is 1.44. The van der Waals surface area contributed by atoms with Crippen molar-refractivity contribution < 1.29 is 9.47 Å². The molecule has 0 saturated heterocycles. The number of nitrogens with one attached hydrogen (secondary N) is 1. The van der Waals surface area contributed by atoms with Gasteiger partial charge in [0.25, 0.3) is 0 Å². The van der Waals surface area contributed by atoms with Crippen LogP contribution in [-0.2, 0) is 4.74 Å². The van der Waals surface area contributed by atoms with Gasteiger partial charge in [-0.1, -0.05) is 12.1 Å². The summed E-state index contributed by atoms with van der Waals surface area (Å²) in [6.07, 6.45) is 5.12.